The van der Waals surface area contributed by atoms with Crippen molar-refractivity contribution in [1.29, 1.82) is 0 Å². The highest BCUT2D eigenvalue weighted by molar-refractivity contribution is 7.11. The van der Waals surface area contributed by atoms with Gasteiger partial charge in [-0.15, -0.1) is 10.2 Å². The molecule has 1 rings (SSSR count). The van der Waals surface area contributed by atoms with Crippen molar-refractivity contribution < 1.29 is 0 Å². The van der Waals surface area contributed by atoms with Crippen molar-refractivity contribution in [2.75, 3.05) is 6.54 Å². The first-order chi connectivity index (χ1) is 8.13. The fourth-order valence-corrected chi connectivity index (χ4v) is 2.54. The number of unbranched alkanes of at least 4 members (excludes halogenated alkanes) is 1. The van der Waals surface area contributed by atoms with Crippen LogP contribution in [0.15, 0.2) is 0 Å². The predicted octanol–water partition coefficient (Wildman–Crippen LogP) is 3.58. The first-order valence-electron chi connectivity index (χ1n) is 6.66. The Bertz CT molecular complexity index is 309. The molecule has 1 heterocycles. The monoisotopic (exact) mass is 255 g/mol. The van der Waals surface area contributed by atoms with Crippen molar-refractivity contribution >= 4 is 11.3 Å². The molecule has 0 bridgehead atoms. The van der Waals surface area contributed by atoms with E-state index in [0.717, 1.165) is 18.1 Å². The van der Waals surface area contributed by atoms with Crippen LogP contribution in [0.1, 0.15) is 62.9 Å². The van der Waals surface area contributed by atoms with Gasteiger partial charge in [0.1, 0.15) is 10.0 Å². The lowest BCUT2D eigenvalue weighted by atomic mass is 10.1. The van der Waals surface area contributed by atoms with Crippen LogP contribution in [0.4, 0.5) is 0 Å². The second-order valence-corrected chi connectivity index (χ2v) is 6.20. The van der Waals surface area contributed by atoms with Gasteiger partial charge in [-0.1, -0.05) is 51.9 Å². The first-order valence-corrected chi connectivity index (χ1v) is 7.48. The molecule has 0 spiro atoms. The van der Waals surface area contributed by atoms with Gasteiger partial charge in [0, 0.05) is 12.5 Å². The smallest absolute Gasteiger partial charge is 0.131 e. The molecule has 17 heavy (non-hydrogen) atoms. The summed E-state index contributed by atoms with van der Waals surface area (Å²) < 4.78 is 0. The maximum absolute atomic E-state index is 4.30. The van der Waals surface area contributed by atoms with Crippen LogP contribution in [0.2, 0.25) is 0 Å². The number of rotatable bonds is 8. The van der Waals surface area contributed by atoms with Crippen molar-refractivity contribution in [2.45, 2.75) is 59.4 Å². The molecular weight excluding hydrogens is 230 g/mol. The first kappa shape index (κ1) is 14.6. The third-order valence-corrected chi connectivity index (χ3v) is 3.88. The summed E-state index contributed by atoms with van der Waals surface area (Å²) in [7, 11) is 0. The second-order valence-electron chi connectivity index (χ2n) is 5.10. The maximum Gasteiger partial charge on any atom is 0.131 e. The lowest BCUT2D eigenvalue weighted by Crippen LogP contribution is -2.18. The molecule has 4 heteroatoms. The van der Waals surface area contributed by atoms with Crippen LogP contribution >= 0.6 is 11.3 Å². The van der Waals surface area contributed by atoms with Crippen molar-refractivity contribution in [3.8, 4) is 0 Å². The van der Waals surface area contributed by atoms with Crippen LogP contribution in [-0.4, -0.2) is 16.7 Å². The molecule has 0 aliphatic heterocycles. The largest absolute Gasteiger partial charge is 0.310 e. The number of aromatic nitrogens is 2. The van der Waals surface area contributed by atoms with Gasteiger partial charge < -0.3 is 5.32 Å². The van der Waals surface area contributed by atoms with Gasteiger partial charge in [-0.2, -0.15) is 0 Å². The Morgan fingerprint density at radius 2 is 2.00 bits per heavy atom. The quantitative estimate of drug-likeness (QED) is 0.771. The summed E-state index contributed by atoms with van der Waals surface area (Å²) in [4.78, 5) is 0. The number of hydrogen-bond acceptors (Lipinski definition) is 4. The lowest BCUT2D eigenvalue weighted by molar-refractivity contribution is 0.550. The SMILES string of the molecule is CCCCC(C)c1nnc(CNCC(C)C)s1. The third-order valence-electron chi connectivity index (χ3n) is 2.72. The van der Waals surface area contributed by atoms with Crippen LogP contribution < -0.4 is 5.32 Å². The van der Waals surface area contributed by atoms with Gasteiger partial charge in [-0.25, -0.2) is 0 Å². The normalized spacial score (nSPS) is 13.2. The summed E-state index contributed by atoms with van der Waals surface area (Å²) in [6.07, 6.45) is 3.76. The zero-order valence-corrected chi connectivity index (χ0v) is 12.3. The van der Waals surface area contributed by atoms with Gasteiger partial charge in [0.15, 0.2) is 0 Å². The van der Waals surface area contributed by atoms with Crippen molar-refractivity contribution in [2.24, 2.45) is 5.92 Å². The van der Waals surface area contributed by atoms with Crippen molar-refractivity contribution in [1.82, 2.24) is 15.5 Å². The molecule has 0 amide bonds. The van der Waals surface area contributed by atoms with E-state index in [1.807, 2.05) is 0 Å². The molecule has 1 aromatic heterocycles. The van der Waals surface area contributed by atoms with E-state index in [1.165, 1.54) is 24.3 Å². The lowest BCUT2D eigenvalue weighted by Gasteiger charge is -2.05. The Labute approximate surface area is 109 Å². The molecular formula is C13H25N3S. The molecule has 98 valence electrons. The van der Waals surface area contributed by atoms with Gasteiger partial charge >= 0.3 is 0 Å². The Hall–Kier alpha value is -0.480. The van der Waals surface area contributed by atoms with Gasteiger partial charge in [0.25, 0.3) is 0 Å². The molecule has 0 saturated heterocycles. The summed E-state index contributed by atoms with van der Waals surface area (Å²) in [6, 6.07) is 0. The third kappa shape index (κ3) is 5.59. The average molecular weight is 255 g/mol. The van der Waals surface area contributed by atoms with Crippen LogP contribution in [0.25, 0.3) is 0 Å². The summed E-state index contributed by atoms with van der Waals surface area (Å²) in [5.74, 6) is 1.25. The van der Waals surface area contributed by atoms with E-state index in [9.17, 15) is 0 Å². The number of nitrogens with one attached hydrogen (secondary N) is 1. The molecule has 1 N–H and O–H groups in total. The Kier molecular flexibility index (Phi) is 6.66. The minimum absolute atomic E-state index is 0.561. The summed E-state index contributed by atoms with van der Waals surface area (Å²) in [6.45, 7) is 10.8. The maximum atomic E-state index is 4.30. The molecule has 3 nitrogen and oxygen atoms in total. The molecule has 1 unspecified atom stereocenters. The van der Waals surface area contributed by atoms with E-state index in [1.54, 1.807) is 11.3 Å². The zero-order chi connectivity index (χ0) is 12.7. The van der Waals surface area contributed by atoms with E-state index in [2.05, 4.69) is 43.2 Å². The highest BCUT2D eigenvalue weighted by atomic mass is 32.1. The second kappa shape index (κ2) is 7.77. The minimum atomic E-state index is 0.561. The van der Waals surface area contributed by atoms with Gasteiger partial charge in [0.05, 0.1) is 0 Å². The van der Waals surface area contributed by atoms with E-state index < -0.39 is 0 Å². The van der Waals surface area contributed by atoms with E-state index in [0.29, 0.717) is 11.8 Å². The average Bonchev–Trinajstić information content (AvgIpc) is 2.74. The van der Waals surface area contributed by atoms with Crippen molar-refractivity contribution in [3.05, 3.63) is 10.0 Å². The molecule has 0 fully saturated rings. The van der Waals surface area contributed by atoms with E-state index in [4.69, 9.17) is 0 Å². The predicted molar refractivity (Wildman–Crippen MR) is 74.4 cm³/mol. The molecule has 0 saturated carbocycles. The highest BCUT2D eigenvalue weighted by Gasteiger charge is 2.11. The summed E-state index contributed by atoms with van der Waals surface area (Å²) >= 11 is 1.76. The molecule has 0 radical (unpaired) electrons. The van der Waals surface area contributed by atoms with Gasteiger partial charge in [0.2, 0.25) is 0 Å². The topological polar surface area (TPSA) is 37.8 Å². The Balaban J connectivity index is 2.36. The Morgan fingerprint density at radius 1 is 1.24 bits per heavy atom. The number of hydrogen-bond donors (Lipinski definition) is 1. The molecule has 0 aliphatic rings. The molecule has 1 atom stereocenters. The fourth-order valence-electron chi connectivity index (χ4n) is 1.64. The number of nitrogens with zero attached hydrogens (tertiary/aromatic N) is 2. The van der Waals surface area contributed by atoms with E-state index >= 15 is 0 Å². The highest BCUT2D eigenvalue weighted by Crippen LogP contribution is 2.24. The fraction of sp³-hybridized carbons (Fsp3) is 0.846. The van der Waals surface area contributed by atoms with Gasteiger partial charge in [-0.05, 0) is 18.9 Å². The van der Waals surface area contributed by atoms with Crippen LogP contribution in [0, 0.1) is 5.92 Å². The molecule has 0 aliphatic carbocycles. The molecule has 1 aromatic rings. The van der Waals surface area contributed by atoms with Crippen LogP contribution in [0.5, 0.6) is 0 Å². The van der Waals surface area contributed by atoms with E-state index in [-0.39, 0.29) is 0 Å². The standard InChI is InChI=1S/C13H25N3S/c1-5-6-7-11(4)13-16-15-12(17-13)9-14-8-10(2)3/h10-11,14H,5-9H2,1-4H3. The zero-order valence-electron chi connectivity index (χ0n) is 11.5. The molecule has 0 aromatic carbocycles. The minimum Gasteiger partial charge on any atom is -0.310 e. The summed E-state index contributed by atoms with van der Waals surface area (Å²) in [5.41, 5.74) is 0. The Morgan fingerprint density at radius 3 is 2.65 bits per heavy atom. The summed E-state index contributed by atoms with van der Waals surface area (Å²) in [5, 5.41) is 14.3. The van der Waals surface area contributed by atoms with Crippen LogP contribution in [-0.2, 0) is 6.54 Å². The van der Waals surface area contributed by atoms with Gasteiger partial charge in [-0.3, -0.25) is 0 Å². The van der Waals surface area contributed by atoms with Crippen molar-refractivity contribution in [3.63, 3.8) is 0 Å². The van der Waals surface area contributed by atoms with Crippen LogP contribution in [0.3, 0.4) is 0 Å².